The van der Waals surface area contributed by atoms with Gasteiger partial charge in [0.2, 0.25) is 10.0 Å². The Morgan fingerprint density at radius 1 is 1.38 bits per heavy atom. The van der Waals surface area contributed by atoms with Crippen LogP contribution in [0.1, 0.15) is 30.6 Å². The van der Waals surface area contributed by atoms with E-state index in [1.165, 1.54) is 19.2 Å². The van der Waals surface area contributed by atoms with Crippen molar-refractivity contribution in [2.75, 3.05) is 20.2 Å². The summed E-state index contributed by atoms with van der Waals surface area (Å²) in [6.45, 7) is 4.83. The molecule has 118 valence electrons. The molecule has 0 saturated heterocycles. The van der Waals surface area contributed by atoms with Crippen LogP contribution in [-0.2, 0) is 10.0 Å². The number of nitrogens with zero attached hydrogens (tertiary/aromatic N) is 1. The summed E-state index contributed by atoms with van der Waals surface area (Å²) in [6, 6.07) is 2.55. The zero-order valence-corrected chi connectivity index (χ0v) is 13.8. The van der Waals surface area contributed by atoms with E-state index >= 15 is 0 Å². The molecule has 0 aliphatic heterocycles. The Morgan fingerprint density at radius 2 is 2.00 bits per heavy atom. The predicted molar refractivity (Wildman–Crippen MR) is 81.2 cm³/mol. The topological polar surface area (TPSA) is 89.7 Å². The Labute approximate surface area is 129 Å². The van der Waals surface area contributed by atoms with Gasteiger partial charge in [-0.1, -0.05) is 18.5 Å². The summed E-state index contributed by atoms with van der Waals surface area (Å²) in [5.74, 6) is -0.426. The Kier molecular flexibility index (Phi) is 6.00. The Morgan fingerprint density at radius 3 is 2.43 bits per heavy atom. The molecule has 0 unspecified atom stereocenters. The molecule has 0 atom stereocenters. The first-order valence-electron chi connectivity index (χ1n) is 6.45. The molecule has 1 amide bonds. The fourth-order valence-electron chi connectivity index (χ4n) is 1.99. The Hall–Kier alpha value is -1.31. The molecule has 8 heteroatoms. The van der Waals surface area contributed by atoms with Crippen molar-refractivity contribution in [3.8, 4) is 5.75 Å². The average Bonchev–Trinajstić information content (AvgIpc) is 2.42. The number of carbonyl (C=O) groups is 1. The lowest BCUT2D eigenvalue weighted by atomic mass is 10.1. The molecule has 1 aromatic carbocycles. The van der Waals surface area contributed by atoms with Crippen LogP contribution in [0.5, 0.6) is 5.75 Å². The lowest BCUT2D eigenvalue weighted by Gasteiger charge is -2.22. The molecule has 0 heterocycles. The molecule has 0 aliphatic rings. The number of carbonyl (C=O) groups excluding carboxylic acids is 1. The molecule has 21 heavy (non-hydrogen) atoms. The van der Waals surface area contributed by atoms with Gasteiger partial charge in [-0.15, -0.1) is 0 Å². The lowest BCUT2D eigenvalue weighted by Crippen LogP contribution is -2.32. The number of hydrogen-bond donors (Lipinski definition) is 1. The van der Waals surface area contributed by atoms with Crippen LogP contribution < -0.4 is 9.88 Å². The van der Waals surface area contributed by atoms with Crippen molar-refractivity contribution >= 4 is 27.5 Å². The molecule has 0 saturated carbocycles. The highest BCUT2D eigenvalue weighted by Crippen LogP contribution is 2.32. The molecular formula is C13H19ClN2O4S. The van der Waals surface area contributed by atoms with Crippen LogP contribution in [0.25, 0.3) is 0 Å². The van der Waals surface area contributed by atoms with Gasteiger partial charge < -0.3 is 9.64 Å². The van der Waals surface area contributed by atoms with Gasteiger partial charge in [-0.05, 0) is 25.5 Å². The third kappa shape index (κ3) is 4.09. The summed E-state index contributed by atoms with van der Waals surface area (Å²) in [7, 11) is -2.77. The van der Waals surface area contributed by atoms with Crippen molar-refractivity contribution in [1.82, 2.24) is 4.90 Å². The van der Waals surface area contributed by atoms with Crippen molar-refractivity contribution in [3.63, 3.8) is 0 Å². The normalized spacial score (nSPS) is 11.3. The second-order valence-corrected chi connectivity index (χ2v) is 6.38. The largest absolute Gasteiger partial charge is 0.494 e. The van der Waals surface area contributed by atoms with Crippen LogP contribution >= 0.6 is 11.6 Å². The van der Waals surface area contributed by atoms with E-state index in [2.05, 4.69) is 0 Å². The number of methoxy groups -OCH3 is 1. The second kappa shape index (κ2) is 7.11. The molecule has 0 aliphatic carbocycles. The summed E-state index contributed by atoms with van der Waals surface area (Å²) in [5, 5.41) is 5.25. The molecular weight excluding hydrogens is 316 g/mol. The molecule has 1 rings (SSSR count). The van der Waals surface area contributed by atoms with E-state index in [1.54, 1.807) is 4.90 Å². The lowest BCUT2D eigenvalue weighted by molar-refractivity contribution is 0.0760. The van der Waals surface area contributed by atoms with Gasteiger partial charge >= 0.3 is 0 Å². The first-order chi connectivity index (χ1) is 9.76. The van der Waals surface area contributed by atoms with Crippen LogP contribution in [0, 0.1) is 0 Å². The summed E-state index contributed by atoms with van der Waals surface area (Å²) in [4.78, 5) is 13.8. The van der Waals surface area contributed by atoms with E-state index in [1.807, 2.05) is 13.8 Å². The van der Waals surface area contributed by atoms with Crippen LogP contribution in [0.15, 0.2) is 17.0 Å². The van der Waals surface area contributed by atoms with Gasteiger partial charge in [0.15, 0.2) is 5.75 Å². The third-order valence-electron chi connectivity index (χ3n) is 2.92. The van der Waals surface area contributed by atoms with E-state index in [9.17, 15) is 13.2 Å². The maximum atomic E-state index is 12.5. The van der Waals surface area contributed by atoms with Gasteiger partial charge in [-0.3, -0.25) is 4.79 Å². The number of amides is 1. The number of primary sulfonamides is 1. The minimum absolute atomic E-state index is 0.0820. The van der Waals surface area contributed by atoms with Gasteiger partial charge in [-0.2, -0.15) is 0 Å². The number of benzene rings is 1. The molecule has 0 radical (unpaired) electrons. The fraction of sp³-hybridized carbons (Fsp3) is 0.462. The summed E-state index contributed by atoms with van der Waals surface area (Å²) in [5.41, 5.74) is 0.0873. The first-order valence-corrected chi connectivity index (χ1v) is 8.38. The maximum Gasteiger partial charge on any atom is 0.257 e. The zero-order valence-electron chi connectivity index (χ0n) is 12.2. The maximum absolute atomic E-state index is 12.5. The third-order valence-corrected chi connectivity index (χ3v) is 4.06. The van der Waals surface area contributed by atoms with Gasteiger partial charge in [0.05, 0.1) is 12.7 Å². The van der Waals surface area contributed by atoms with Crippen molar-refractivity contribution in [2.45, 2.75) is 25.2 Å². The van der Waals surface area contributed by atoms with Crippen LogP contribution in [0.2, 0.25) is 5.02 Å². The van der Waals surface area contributed by atoms with Gasteiger partial charge in [0.25, 0.3) is 5.91 Å². The highest BCUT2D eigenvalue weighted by Gasteiger charge is 2.25. The van der Waals surface area contributed by atoms with E-state index in [-0.39, 0.29) is 27.1 Å². The Balaban J connectivity index is 3.49. The molecule has 2 N–H and O–H groups in total. The van der Waals surface area contributed by atoms with E-state index < -0.39 is 10.0 Å². The molecule has 0 aromatic heterocycles. The number of ether oxygens (including phenoxy) is 1. The van der Waals surface area contributed by atoms with Gasteiger partial charge in [0.1, 0.15) is 4.90 Å². The minimum Gasteiger partial charge on any atom is -0.494 e. The highest BCUT2D eigenvalue weighted by atomic mass is 35.5. The minimum atomic E-state index is -4.05. The van der Waals surface area contributed by atoms with E-state index in [0.29, 0.717) is 13.1 Å². The number of sulfonamides is 1. The van der Waals surface area contributed by atoms with Crippen molar-refractivity contribution in [2.24, 2.45) is 5.14 Å². The highest BCUT2D eigenvalue weighted by molar-refractivity contribution is 7.89. The quantitative estimate of drug-likeness (QED) is 0.859. The number of hydrogen-bond acceptors (Lipinski definition) is 4. The average molecular weight is 335 g/mol. The molecule has 1 aromatic rings. The Bertz CT molecular complexity index is 631. The first kappa shape index (κ1) is 17.7. The molecule has 0 spiro atoms. The van der Waals surface area contributed by atoms with Crippen molar-refractivity contribution in [3.05, 3.63) is 22.7 Å². The summed E-state index contributed by atoms with van der Waals surface area (Å²) < 4.78 is 28.3. The van der Waals surface area contributed by atoms with E-state index in [0.717, 1.165) is 6.42 Å². The SMILES string of the molecule is CCCN(CC)C(=O)c1cc(Cl)cc(S(N)(=O)=O)c1OC. The molecule has 6 nitrogen and oxygen atoms in total. The summed E-state index contributed by atoms with van der Waals surface area (Å²) in [6.07, 6.45) is 0.782. The van der Waals surface area contributed by atoms with Crippen molar-refractivity contribution < 1.29 is 17.9 Å². The molecule has 0 bridgehead atoms. The summed E-state index contributed by atoms with van der Waals surface area (Å²) >= 11 is 5.91. The number of halogens is 1. The smallest absolute Gasteiger partial charge is 0.257 e. The van der Waals surface area contributed by atoms with Crippen LogP contribution in [-0.4, -0.2) is 39.4 Å². The number of rotatable bonds is 6. The van der Waals surface area contributed by atoms with Crippen LogP contribution in [0.3, 0.4) is 0 Å². The second-order valence-electron chi connectivity index (χ2n) is 4.41. The predicted octanol–water partition coefficient (Wildman–Crippen LogP) is 1.87. The molecule has 0 fully saturated rings. The zero-order chi connectivity index (χ0) is 16.2. The van der Waals surface area contributed by atoms with E-state index in [4.69, 9.17) is 21.5 Å². The van der Waals surface area contributed by atoms with Crippen LogP contribution in [0.4, 0.5) is 0 Å². The monoisotopic (exact) mass is 334 g/mol. The number of nitrogens with two attached hydrogens (primary N) is 1. The standard InChI is InChI=1S/C13H19ClN2O4S/c1-4-6-16(5-2)13(17)10-7-9(14)8-11(12(10)20-3)21(15,18)19/h7-8H,4-6H2,1-3H3,(H2,15,18,19). The van der Waals surface area contributed by atoms with Gasteiger partial charge in [-0.25, -0.2) is 13.6 Å². The van der Waals surface area contributed by atoms with Crippen molar-refractivity contribution in [1.29, 1.82) is 0 Å². The van der Waals surface area contributed by atoms with Gasteiger partial charge in [0, 0.05) is 18.1 Å². The fourth-order valence-corrected chi connectivity index (χ4v) is 3.02.